The number of ether oxygens (including phenoxy) is 1. The van der Waals surface area contributed by atoms with Crippen LogP contribution in [0.25, 0.3) is 0 Å². The maximum atomic E-state index is 11.1. The van der Waals surface area contributed by atoms with Crippen LogP contribution in [-0.4, -0.2) is 13.1 Å². The molecule has 0 aliphatic heterocycles. The summed E-state index contributed by atoms with van der Waals surface area (Å²) in [4.78, 5) is 11.6. The van der Waals surface area contributed by atoms with Gasteiger partial charge in [0.25, 0.3) is 0 Å². The number of methoxy groups -OCH3 is 1. The summed E-state index contributed by atoms with van der Waals surface area (Å²) < 4.78 is 4.52. The van der Waals surface area contributed by atoms with Crippen molar-refractivity contribution in [1.29, 1.82) is 5.26 Å². The first-order chi connectivity index (χ1) is 7.10. The minimum Gasteiger partial charge on any atom is -0.469 e. The lowest BCUT2D eigenvalue weighted by Crippen LogP contribution is -2.07. The van der Waals surface area contributed by atoms with Gasteiger partial charge in [-0.2, -0.15) is 5.26 Å². The van der Waals surface area contributed by atoms with Crippen LogP contribution in [0.4, 0.5) is 0 Å². The van der Waals surface area contributed by atoms with E-state index in [0.717, 1.165) is 0 Å². The van der Waals surface area contributed by atoms with Crippen LogP contribution in [0.2, 0.25) is 5.02 Å². The summed E-state index contributed by atoms with van der Waals surface area (Å²) in [5.74, 6) is -0.438. The summed E-state index contributed by atoms with van der Waals surface area (Å²) in [6.07, 6.45) is -0.0212. The number of esters is 1. The quantitative estimate of drug-likeness (QED) is 0.638. The van der Waals surface area contributed by atoms with Crippen LogP contribution in [-0.2, 0) is 16.0 Å². The highest BCUT2D eigenvalue weighted by Gasteiger charge is 2.14. The average Bonchev–Trinajstić information content (AvgIpc) is 2.23. The summed E-state index contributed by atoms with van der Waals surface area (Å²) in [6, 6.07) is 5.18. The maximum Gasteiger partial charge on any atom is 0.310 e. The molecule has 78 valence electrons. The van der Waals surface area contributed by atoms with Gasteiger partial charge >= 0.3 is 5.97 Å². The van der Waals surface area contributed by atoms with Gasteiger partial charge in [0.1, 0.15) is 6.07 Å². The van der Waals surface area contributed by atoms with E-state index >= 15 is 0 Å². The lowest BCUT2D eigenvalue weighted by Gasteiger charge is -2.07. The van der Waals surface area contributed by atoms with Gasteiger partial charge in [-0.3, -0.25) is 4.79 Å². The highest BCUT2D eigenvalue weighted by atomic mass is 35.5. The number of benzene rings is 1. The van der Waals surface area contributed by atoms with Gasteiger partial charge in [-0.1, -0.05) is 11.6 Å². The number of thiol groups is 1. The lowest BCUT2D eigenvalue weighted by atomic mass is 10.1. The fraction of sp³-hybridized carbons (Fsp3) is 0.200. The summed E-state index contributed by atoms with van der Waals surface area (Å²) in [5.41, 5.74) is 0.773. The molecule has 0 fully saturated rings. The number of rotatable bonds is 2. The van der Waals surface area contributed by atoms with Crippen molar-refractivity contribution in [3.63, 3.8) is 0 Å². The van der Waals surface area contributed by atoms with Gasteiger partial charge in [0.2, 0.25) is 0 Å². The van der Waals surface area contributed by atoms with Crippen LogP contribution in [0.1, 0.15) is 11.1 Å². The Morgan fingerprint density at radius 1 is 1.67 bits per heavy atom. The van der Waals surface area contributed by atoms with Crippen molar-refractivity contribution in [2.24, 2.45) is 0 Å². The number of hydrogen-bond donors (Lipinski definition) is 1. The average molecular weight is 242 g/mol. The molecule has 0 N–H and O–H groups in total. The molecule has 0 spiro atoms. The van der Waals surface area contributed by atoms with Crippen molar-refractivity contribution in [3.8, 4) is 6.07 Å². The molecule has 15 heavy (non-hydrogen) atoms. The van der Waals surface area contributed by atoms with E-state index in [1.54, 1.807) is 12.1 Å². The van der Waals surface area contributed by atoms with Crippen LogP contribution >= 0.6 is 24.2 Å². The number of hydrogen-bond acceptors (Lipinski definition) is 4. The molecule has 0 radical (unpaired) electrons. The Hall–Kier alpha value is -1.18. The van der Waals surface area contributed by atoms with Crippen molar-refractivity contribution < 1.29 is 9.53 Å². The Balaban J connectivity index is 3.21. The van der Waals surface area contributed by atoms with Gasteiger partial charge in [0, 0.05) is 15.5 Å². The SMILES string of the molecule is COC(=O)Cc1c(Cl)ccc(S)c1C#N. The Morgan fingerprint density at radius 2 is 2.33 bits per heavy atom. The molecule has 0 aromatic heterocycles. The third-order valence-electron chi connectivity index (χ3n) is 1.89. The predicted molar refractivity (Wildman–Crippen MR) is 59.1 cm³/mol. The Morgan fingerprint density at radius 3 is 2.87 bits per heavy atom. The molecule has 0 bridgehead atoms. The summed E-state index contributed by atoms with van der Waals surface area (Å²) in [5, 5.41) is 9.27. The zero-order valence-corrected chi connectivity index (χ0v) is 9.60. The number of carbonyl (C=O) groups excluding carboxylic acids is 1. The molecule has 0 amide bonds. The molecule has 0 saturated heterocycles. The first-order valence-electron chi connectivity index (χ1n) is 4.07. The minimum atomic E-state index is -0.438. The van der Waals surface area contributed by atoms with Crippen LogP contribution < -0.4 is 0 Å². The van der Waals surface area contributed by atoms with E-state index in [9.17, 15) is 4.79 Å². The molecule has 5 heteroatoms. The smallest absolute Gasteiger partial charge is 0.310 e. The normalized spacial score (nSPS) is 9.47. The highest BCUT2D eigenvalue weighted by molar-refractivity contribution is 7.80. The van der Waals surface area contributed by atoms with Gasteiger partial charge in [-0.05, 0) is 12.1 Å². The summed E-state index contributed by atoms with van der Waals surface area (Å²) in [7, 11) is 1.28. The molecule has 3 nitrogen and oxygen atoms in total. The molecule has 0 saturated carbocycles. The summed E-state index contributed by atoms with van der Waals surface area (Å²) in [6.45, 7) is 0. The van der Waals surface area contributed by atoms with Crippen molar-refractivity contribution in [2.75, 3.05) is 7.11 Å². The van der Waals surface area contributed by atoms with E-state index < -0.39 is 5.97 Å². The van der Waals surface area contributed by atoms with Crippen LogP contribution in [0.15, 0.2) is 17.0 Å². The van der Waals surface area contributed by atoms with Gasteiger partial charge in [0.15, 0.2) is 0 Å². The Kier molecular flexibility index (Phi) is 4.01. The standard InChI is InChI=1S/C10H8ClNO2S/c1-14-10(13)4-6-7(5-12)9(15)3-2-8(6)11/h2-3,15H,4H2,1H3. The molecule has 0 aliphatic carbocycles. The number of nitrogens with zero attached hydrogens (tertiary/aromatic N) is 1. The van der Waals surface area contributed by atoms with Gasteiger partial charge in [-0.25, -0.2) is 0 Å². The highest BCUT2D eigenvalue weighted by Crippen LogP contribution is 2.25. The third-order valence-corrected chi connectivity index (χ3v) is 2.62. The topological polar surface area (TPSA) is 50.1 Å². The van der Waals surface area contributed by atoms with Gasteiger partial charge < -0.3 is 4.74 Å². The van der Waals surface area contributed by atoms with Gasteiger partial charge in [0.05, 0.1) is 19.1 Å². The van der Waals surface area contributed by atoms with Crippen LogP contribution in [0.3, 0.4) is 0 Å². The Bertz CT molecular complexity index is 440. The van der Waals surface area contributed by atoms with Crippen LogP contribution in [0.5, 0.6) is 0 Å². The van der Waals surface area contributed by atoms with Crippen molar-refractivity contribution in [2.45, 2.75) is 11.3 Å². The minimum absolute atomic E-state index is 0.0212. The fourth-order valence-corrected chi connectivity index (χ4v) is 1.61. The van der Waals surface area contributed by atoms with E-state index in [4.69, 9.17) is 16.9 Å². The monoisotopic (exact) mass is 241 g/mol. The first kappa shape index (κ1) is 11.9. The second kappa shape index (κ2) is 5.06. The zero-order valence-electron chi connectivity index (χ0n) is 7.95. The van der Waals surface area contributed by atoms with E-state index in [1.165, 1.54) is 7.11 Å². The van der Waals surface area contributed by atoms with Crippen LogP contribution in [0, 0.1) is 11.3 Å². The largest absolute Gasteiger partial charge is 0.469 e. The Labute approximate surface area is 98.0 Å². The molecular weight excluding hydrogens is 234 g/mol. The fourth-order valence-electron chi connectivity index (χ4n) is 1.12. The number of nitriles is 1. The molecular formula is C10H8ClNO2S. The van der Waals surface area contributed by atoms with E-state index in [2.05, 4.69) is 17.4 Å². The first-order valence-corrected chi connectivity index (χ1v) is 4.90. The maximum absolute atomic E-state index is 11.1. The molecule has 1 rings (SSSR count). The second-order valence-electron chi connectivity index (χ2n) is 2.78. The lowest BCUT2D eigenvalue weighted by molar-refractivity contribution is -0.139. The number of halogens is 1. The second-order valence-corrected chi connectivity index (χ2v) is 3.67. The molecule has 0 heterocycles. The molecule has 0 unspecified atom stereocenters. The molecule has 1 aromatic carbocycles. The van der Waals surface area contributed by atoms with E-state index in [-0.39, 0.29) is 6.42 Å². The van der Waals surface area contributed by atoms with Gasteiger partial charge in [-0.15, -0.1) is 12.6 Å². The molecule has 1 aromatic rings. The van der Waals surface area contributed by atoms with Crippen molar-refractivity contribution in [1.82, 2.24) is 0 Å². The van der Waals surface area contributed by atoms with Crippen molar-refractivity contribution >= 4 is 30.2 Å². The molecule has 0 aliphatic rings. The zero-order chi connectivity index (χ0) is 11.4. The van der Waals surface area contributed by atoms with E-state index in [1.807, 2.05) is 6.07 Å². The molecule has 0 atom stereocenters. The number of carbonyl (C=O) groups is 1. The summed E-state index contributed by atoms with van der Waals surface area (Å²) >= 11 is 10.0. The van der Waals surface area contributed by atoms with E-state index in [0.29, 0.717) is 21.0 Å². The van der Waals surface area contributed by atoms with Crippen molar-refractivity contribution in [3.05, 3.63) is 28.3 Å². The third kappa shape index (κ3) is 2.65. The predicted octanol–water partition coefficient (Wildman–Crippen LogP) is 2.22.